The summed E-state index contributed by atoms with van der Waals surface area (Å²) in [6.45, 7) is 8.91. The van der Waals surface area contributed by atoms with Crippen molar-refractivity contribution in [2.24, 2.45) is 0 Å². The van der Waals surface area contributed by atoms with Gasteiger partial charge in [0.05, 0.1) is 23.3 Å². The van der Waals surface area contributed by atoms with Gasteiger partial charge in [-0.05, 0) is 56.3 Å². The van der Waals surface area contributed by atoms with Crippen LogP contribution in [0.5, 0.6) is 6.01 Å². The Hall–Kier alpha value is -3.19. The molecule has 1 aliphatic carbocycles. The van der Waals surface area contributed by atoms with Gasteiger partial charge >= 0.3 is 6.01 Å². The summed E-state index contributed by atoms with van der Waals surface area (Å²) in [5.41, 5.74) is 3.14. The number of likely N-dealkylation sites (tertiary alicyclic amines) is 1. The molecule has 1 saturated carbocycles. The van der Waals surface area contributed by atoms with E-state index >= 15 is 0 Å². The maximum atomic E-state index is 14.4. The lowest BCUT2D eigenvalue weighted by molar-refractivity contribution is -0.0362. The highest BCUT2D eigenvalue weighted by molar-refractivity contribution is 6.36. The Morgan fingerprint density at radius 2 is 1.85 bits per heavy atom. The molecule has 8 nitrogen and oxygen atoms in total. The number of aromatic nitrogens is 2. The Morgan fingerprint density at radius 3 is 2.55 bits per heavy atom. The number of benzene rings is 2. The third-order valence-corrected chi connectivity index (χ3v) is 8.86. The predicted octanol–water partition coefficient (Wildman–Crippen LogP) is 4.54. The lowest BCUT2D eigenvalue weighted by Crippen LogP contribution is -2.57. The lowest BCUT2D eigenvalue weighted by atomic mass is 9.86. The number of piperazine rings is 1. The van der Waals surface area contributed by atoms with Crippen LogP contribution in [0.3, 0.4) is 0 Å². The second-order valence-corrected chi connectivity index (χ2v) is 11.2. The summed E-state index contributed by atoms with van der Waals surface area (Å²) in [5.74, 6) is 0.623. The largest absolute Gasteiger partial charge is 0.458 e. The normalized spacial score (nSPS) is 22.4. The van der Waals surface area contributed by atoms with E-state index in [0.717, 1.165) is 73.5 Å². The molecule has 2 unspecified atom stereocenters. The van der Waals surface area contributed by atoms with E-state index in [-0.39, 0.29) is 11.1 Å². The number of nitrogens with zero attached hydrogens (tertiary/aromatic N) is 6. The van der Waals surface area contributed by atoms with Gasteiger partial charge in [-0.1, -0.05) is 29.8 Å². The van der Waals surface area contributed by atoms with Gasteiger partial charge in [0.15, 0.2) is 0 Å². The maximum absolute atomic E-state index is 14.4. The van der Waals surface area contributed by atoms with Crippen molar-refractivity contribution in [2.75, 3.05) is 55.6 Å². The highest BCUT2D eigenvalue weighted by atomic mass is 35.5. The Balaban J connectivity index is 0.000000925. The SMILES string of the molecule is CC#N.Fc1ccc2cccc(N3CCc4c(nc(OC5CCC5N5CCC5)nc4N4CCNCC4)C3)c2c1Cl. The van der Waals surface area contributed by atoms with E-state index in [4.69, 9.17) is 31.6 Å². The maximum Gasteiger partial charge on any atom is 0.319 e. The molecule has 210 valence electrons. The van der Waals surface area contributed by atoms with Crippen LogP contribution in [0.1, 0.15) is 37.4 Å². The second-order valence-electron chi connectivity index (χ2n) is 10.8. The minimum atomic E-state index is -0.393. The average Bonchev–Trinajstić information content (AvgIpc) is 2.95. The van der Waals surface area contributed by atoms with Gasteiger partial charge in [0.25, 0.3) is 0 Å². The molecule has 0 bridgehead atoms. The molecule has 7 rings (SSSR count). The fourth-order valence-corrected chi connectivity index (χ4v) is 6.42. The first-order valence-electron chi connectivity index (χ1n) is 14.3. The number of halogens is 2. The van der Waals surface area contributed by atoms with E-state index in [9.17, 15) is 4.39 Å². The Labute approximate surface area is 239 Å². The summed E-state index contributed by atoms with van der Waals surface area (Å²) in [6, 6.07) is 12.0. The second kappa shape index (κ2) is 11.7. The molecule has 4 heterocycles. The van der Waals surface area contributed by atoms with Crippen LogP contribution in [0.2, 0.25) is 5.02 Å². The zero-order valence-electron chi connectivity index (χ0n) is 22.9. The zero-order chi connectivity index (χ0) is 27.6. The molecule has 3 aliphatic heterocycles. The molecule has 1 aromatic heterocycles. The van der Waals surface area contributed by atoms with Crippen molar-refractivity contribution >= 4 is 33.9 Å². The zero-order valence-corrected chi connectivity index (χ0v) is 23.6. The van der Waals surface area contributed by atoms with Gasteiger partial charge in [-0.2, -0.15) is 15.2 Å². The van der Waals surface area contributed by atoms with Gasteiger partial charge in [-0.3, -0.25) is 4.90 Å². The van der Waals surface area contributed by atoms with E-state index in [1.165, 1.54) is 44.5 Å². The van der Waals surface area contributed by atoms with Crippen LogP contribution >= 0.6 is 11.6 Å². The van der Waals surface area contributed by atoms with E-state index in [2.05, 4.69) is 20.0 Å². The molecule has 3 fully saturated rings. The van der Waals surface area contributed by atoms with Crippen LogP contribution in [-0.2, 0) is 13.0 Å². The van der Waals surface area contributed by atoms with Crippen molar-refractivity contribution < 1.29 is 9.13 Å². The van der Waals surface area contributed by atoms with Crippen molar-refractivity contribution in [3.8, 4) is 12.1 Å². The fraction of sp³-hybridized carbons (Fsp3) is 0.500. The molecular weight excluding hydrogens is 529 g/mol. The summed E-state index contributed by atoms with van der Waals surface area (Å²) >= 11 is 6.47. The molecule has 10 heteroatoms. The molecule has 2 atom stereocenters. The number of rotatable bonds is 5. The summed E-state index contributed by atoms with van der Waals surface area (Å²) in [6.07, 6.45) is 4.50. The van der Waals surface area contributed by atoms with Crippen molar-refractivity contribution in [3.05, 3.63) is 52.4 Å². The third kappa shape index (κ3) is 5.16. The average molecular weight is 564 g/mol. The summed E-state index contributed by atoms with van der Waals surface area (Å²) in [7, 11) is 0. The van der Waals surface area contributed by atoms with Gasteiger partial charge in [-0.15, -0.1) is 0 Å². The van der Waals surface area contributed by atoms with Crippen molar-refractivity contribution in [2.45, 2.75) is 51.3 Å². The Kier molecular flexibility index (Phi) is 7.92. The van der Waals surface area contributed by atoms with Crippen LogP contribution in [0.15, 0.2) is 30.3 Å². The molecule has 3 aromatic rings. The van der Waals surface area contributed by atoms with Crippen molar-refractivity contribution in [1.29, 1.82) is 5.26 Å². The number of nitrogens with one attached hydrogen (secondary N) is 1. The Morgan fingerprint density at radius 1 is 1.05 bits per heavy atom. The fourth-order valence-electron chi connectivity index (χ4n) is 6.15. The number of nitriles is 1. The van der Waals surface area contributed by atoms with E-state index in [1.807, 2.05) is 18.2 Å². The molecule has 0 spiro atoms. The van der Waals surface area contributed by atoms with Crippen LogP contribution < -0.4 is 19.9 Å². The first-order chi connectivity index (χ1) is 19.6. The number of anilines is 2. The first-order valence-corrected chi connectivity index (χ1v) is 14.6. The Bertz CT molecular complexity index is 1420. The number of fused-ring (bicyclic) bond motifs is 2. The lowest BCUT2D eigenvalue weighted by Gasteiger charge is -2.47. The number of hydrogen-bond donors (Lipinski definition) is 1. The summed E-state index contributed by atoms with van der Waals surface area (Å²) in [5, 5.41) is 12.6. The van der Waals surface area contributed by atoms with Crippen LogP contribution in [-0.4, -0.2) is 72.8 Å². The molecule has 0 amide bonds. The van der Waals surface area contributed by atoms with Gasteiger partial charge in [0.1, 0.15) is 17.7 Å². The van der Waals surface area contributed by atoms with Gasteiger partial charge in [0, 0.05) is 62.3 Å². The highest BCUT2D eigenvalue weighted by Gasteiger charge is 2.40. The van der Waals surface area contributed by atoms with Gasteiger partial charge < -0.3 is 19.9 Å². The minimum absolute atomic E-state index is 0.161. The van der Waals surface area contributed by atoms with E-state index in [0.29, 0.717) is 18.6 Å². The molecule has 4 aliphatic rings. The third-order valence-electron chi connectivity index (χ3n) is 8.49. The number of ether oxygens (including phenoxy) is 1. The van der Waals surface area contributed by atoms with Gasteiger partial charge in [0.2, 0.25) is 0 Å². The standard InChI is InChI=1S/C28H32ClFN6O.C2H3N/c29-26-20(30)6-5-18-3-1-4-23(25(18)26)36-14-9-19-21(17-36)32-28(33-27(19)35-15-10-31-11-16-35)37-24-8-7-22(24)34-12-2-13-34;1-2-3/h1,3-6,22,24,31H,2,7-17H2;1H3. The summed E-state index contributed by atoms with van der Waals surface area (Å²) in [4.78, 5) is 17.1. The molecule has 1 N–H and O–H groups in total. The number of hydrogen-bond acceptors (Lipinski definition) is 8. The molecule has 2 aromatic carbocycles. The predicted molar refractivity (Wildman–Crippen MR) is 156 cm³/mol. The smallest absolute Gasteiger partial charge is 0.319 e. The molecule has 40 heavy (non-hydrogen) atoms. The quantitative estimate of drug-likeness (QED) is 0.485. The van der Waals surface area contributed by atoms with E-state index < -0.39 is 5.82 Å². The molecular formula is C30H35ClFN7O. The van der Waals surface area contributed by atoms with Crippen molar-refractivity contribution in [1.82, 2.24) is 20.2 Å². The monoisotopic (exact) mass is 563 g/mol. The van der Waals surface area contributed by atoms with Gasteiger partial charge in [-0.25, -0.2) is 4.39 Å². The van der Waals surface area contributed by atoms with Crippen LogP contribution in [0.4, 0.5) is 15.9 Å². The highest BCUT2D eigenvalue weighted by Crippen LogP contribution is 2.38. The minimum Gasteiger partial charge on any atom is -0.458 e. The summed E-state index contributed by atoms with van der Waals surface area (Å²) < 4.78 is 20.9. The van der Waals surface area contributed by atoms with Crippen LogP contribution in [0.25, 0.3) is 10.8 Å². The first kappa shape index (κ1) is 27.0. The van der Waals surface area contributed by atoms with E-state index in [1.54, 1.807) is 12.1 Å². The van der Waals surface area contributed by atoms with Crippen LogP contribution in [0, 0.1) is 17.1 Å². The van der Waals surface area contributed by atoms with Crippen molar-refractivity contribution in [3.63, 3.8) is 0 Å². The molecule has 2 saturated heterocycles. The topological polar surface area (TPSA) is 80.5 Å². The molecule has 0 radical (unpaired) electrons.